The van der Waals surface area contributed by atoms with Gasteiger partial charge in [-0.3, -0.25) is 0 Å². The van der Waals surface area contributed by atoms with E-state index in [4.69, 9.17) is 0 Å². The topological polar surface area (TPSA) is 88.9 Å². The van der Waals surface area contributed by atoms with Crippen molar-refractivity contribution < 1.29 is 8.42 Å². The van der Waals surface area contributed by atoms with Gasteiger partial charge in [0.25, 0.3) is 10.0 Å². The average Bonchev–Trinajstić information content (AvgIpc) is 2.82. The zero-order chi connectivity index (χ0) is 13.9. The Balaban J connectivity index is 2.21. The van der Waals surface area contributed by atoms with Crippen LogP contribution in [-0.2, 0) is 23.6 Å². The first-order chi connectivity index (χ1) is 9.04. The third kappa shape index (κ3) is 2.91. The monoisotopic (exact) mass is 281 g/mol. The zero-order valence-corrected chi connectivity index (χ0v) is 11.5. The molecule has 0 spiro atoms. The largest absolute Gasteiger partial charge is 0.386 e. The summed E-state index contributed by atoms with van der Waals surface area (Å²) in [5.74, 6) is 0.630. The maximum absolute atomic E-state index is 12.2. The van der Waals surface area contributed by atoms with E-state index in [-0.39, 0.29) is 11.6 Å². The second-order valence-electron chi connectivity index (χ2n) is 3.89. The van der Waals surface area contributed by atoms with Gasteiger partial charge in [-0.1, -0.05) is 0 Å². The summed E-state index contributed by atoms with van der Waals surface area (Å²) >= 11 is 0. The third-order valence-corrected chi connectivity index (χ3v) is 4.00. The first kappa shape index (κ1) is 13.5. The normalized spacial score (nSPS) is 11.5. The molecule has 102 valence electrons. The Morgan fingerprint density at radius 2 is 2.11 bits per heavy atom. The second-order valence-corrected chi connectivity index (χ2v) is 5.57. The van der Waals surface area contributed by atoms with Crippen molar-refractivity contribution in [2.24, 2.45) is 7.05 Å². The number of hydrogen-bond acceptors (Lipinski definition) is 5. The summed E-state index contributed by atoms with van der Waals surface area (Å²) in [4.78, 5) is 7.96. The number of nitrogens with zero attached hydrogens (tertiary/aromatic N) is 3. The van der Waals surface area contributed by atoms with Gasteiger partial charge >= 0.3 is 0 Å². The van der Waals surface area contributed by atoms with Crippen LogP contribution >= 0.6 is 0 Å². The van der Waals surface area contributed by atoms with E-state index in [1.54, 1.807) is 43.2 Å². The highest BCUT2D eigenvalue weighted by molar-refractivity contribution is 7.89. The van der Waals surface area contributed by atoms with Gasteiger partial charge in [0, 0.05) is 32.7 Å². The maximum atomic E-state index is 12.2. The lowest BCUT2D eigenvalue weighted by molar-refractivity contribution is 0.574. The predicted octanol–water partition coefficient (Wildman–Crippen LogP) is 0.335. The van der Waals surface area contributed by atoms with Crippen molar-refractivity contribution in [2.75, 3.05) is 12.4 Å². The summed E-state index contributed by atoms with van der Waals surface area (Å²) in [5.41, 5.74) is 0.454. The van der Waals surface area contributed by atoms with E-state index in [2.05, 4.69) is 20.0 Å². The second kappa shape index (κ2) is 5.37. The van der Waals surface area contributed by atoms with E-state index in [1.165, 1.54) is 6.20 Å². The van der Waals surface area contributed by atoms with E-state index in [0.717, 1.165) is 0 Å². The quantitative estimate of drug-likeness (QED) is 0.824. The van der Waals surface area contributed by atoms with Crippen molar-refractivity contribution in [1.29, 1.82) is 0 Å². The van der Waals surface area contributed by atoms with Gasteiger partial charge in [0.05, 0.1) is 12.2 Å². The number of anilines is 1. The Hall–Kier alpha value is -1.93. The van der Waals surface area contributed by atoms with Gasteiger partial charge in [0.15, 0.2) is 5.03 Å². The Labute approximate surface area is 111 Å². The minimum absolute atomic E-state index is 0.0216. The lowest BCUT2D eigenvalue weighted by Crippen LogP contribution is -2.26. The van der Waals surface area contributed by atoms with Gasteiger partial charge in [-0.15, -0.1) is 0 Å². The molecule has 0 atom stereocenters. The summed E-state index contributed by atoms with van der Waals surface area (Å²) in [6.45, 7) is 0.117. The molecule has 2 N–H and O–H groups in total. The molecule has 8 heteroatoms. The molecule has 2 aromatic rings. The van der Waals surface area contributed by atoms with Crippen LogP contribution in [0.25, 0.3) is 0 Å². The molecular formula is C11H15N5O2S. The molecule has 0 unspecified atom stereocenters. The highest BCUT2D eigenvalue weighted by Crippen LogP contribution is 2.16. The average molecular weight is 281 g/mol. The van der Waals surface area contributed by atoms with Crippen molar-refractivity contribution >= 4 is 15.7 Å². The molecule has 0 aliphatic heterocycles. The first-order valence-electron chi connectivity index (χ1n) is 5.63. The smallest absolute Gasteiger partial charge is 0.260 e. The Kier molecular flexibility index (Phi) is 3.82. The standard InChI is InChI=1S/C11H15N5O2S/c1-12-9-4-3-5-14-11(9)19(17,18)15-8-10-13-6-7-16(10)2/h3-7,12,15H,8H2,1-2H3. The van der Waals surface area contributed by atoms with E-state index < -0.39 is 10.0 Å². The molecule has 19 heavy (non-hydrogen) atoms. The van der Waals surface area contributed by atoms with Gasteiger partial charge in [-0.05, 0) is 12.1 Å². The minimum atomic E-state index is -3.67. The van der Waals surface area contributed by atoms with Crippen LogP contribution < -0.4 is 10.0 Å². The predicted molar refractivity (Wildman–Crippen MR) is 71.0 cm³/mol. The number of sulfonamides is 1. The molecule has 7 nitrogen and oxygen atoms in total. The van der Waals surface area contributed by atoms with Crippen molar-refractivity contribution in [3.8, 4) is 0 Å². The molecule has 2 heterocycles. The Morgan fingerprint density at radius 1 is 1.32 bits per heavy atom. The molecule has 2 aromatic heterocycles. The van der Waals surface area contributed by atoms with Crippen molar-refractivity contribution in [3.63, 3.8) is 0 Å². The van der Waals surface area contributed by atoms with E-state index in [0.29, 0.717) is 11.5 Å². The summed E-state index contributed by atoms with van der Waals surface area (Å²) < 4.78 is 28.6. The van der Waals surface area contributed by atoms with Crippen LogP contribution in [0.5, 0.6) is 0 Å². The van der Waals surface area contributed by atoms with Crippen LogP contribution in [0.2, 0.25) is 0 Å². The molecule has 0 fully saturated rings. The number of pyridine rings is 1. The number of aryl methyl sites for hydroxylation is 1. The van der Waals surface area contributed by atoms with Crippen LogP contribution in [0.4, 0.5) is 5.69 Å². The van der Waals surface area contributed by atoms with Crippen molar-refractivity contribution in [1.82, 2.24) is 19.3 Å². The fourth-order valence-electron chi connectivity index (χ4n) is 1.59. The van der Waals surface area contributed by atoms with Crippen molar-refractivity contribution in [2.45, 2.75) is 11.6 Å². The fourth-order valence-corrected chi connectivity index (χ4v) is 2.71. The zero-order valence-electron chi connectivity index (χ0n) is 10.7. The molecule has 0 bridgehead atoms. The van der Waals surface area contributed by atoms with Gasteiger partial charge in [-0.2, -0.15) is 0 Å². The lowest BCUT2D eigenvalue weighted by atomic mass is 10.4. The summed E-state index contributed by atoms with van der Waals surface area (Å²) in [7, 11) is -0.223. The Morgan fingerprint density at radius 3 is 2.74 bits per heavy atom. The van der Waals surface area contributed by atoms with Gasteiger partial charge in [-0.25, -0.2) is 23.1 Å². The number of nitrogens with one attached hydrogen (secondary N) is 2. The number of aromatic nitrogens is 3. The third-order valence-electron chi connectivity index (χ3n) is 2.64. The van der Waals surface area contributed by atoms with Crippen LogP contribution in [0.1, 0.15) is 5.82 Å². The van der Waals surface area contributed by atoms with E-state index in [1.807, 2.05) is 0 Å². The summed E-state index contributed by atoms with van der Waals surface area (Å²) in [6.07, 6.45) is 4.81. The SMILES string of the molecule is CNc1cccnc1S(=O)(=O)NCc1nccn1C. The molecule has 0 radical (unpaired) electrons. The number of rotatable bonds is 5. The van der Waals surface area contributed by atoms with Gasteiger partial charge in [0.1, 0.15) is 5.82 Å². The fraction of sp³-hybridized carbons (Fsp3) is 0.273. The van der Waals surface area contributed by atoms with Crippen LogP contribution in [-0.4, -0.2) is 30.0 Å². The minimum Gasteiger partial charge on any atom is -0.386 e. The maximum Gasteiger partial charge on any atom is 0.260 e. The molecule has 0 amide bonds. The van der Waals surface area contributed by atoms with Crippen LogP contribution in [0.3, 0.4) is 0 Å². The number of hydrogen-bond donors (Lipinski definition) is 2. The van der Waals surface area contributed by atoms with Gasteiger partial charge < -0.3 is 9.88 Å². The molecule has 0 aliphatic rings. The summed E-state index contributed by atoms with van der Waals surface area (Å²) in [6, 6.07) is 3.33. The lowest BCUT2D eigenvalue weighted by Gasteiger charge is -2.09. The molecule has 0 aliphatic carbocycles. The molecule has 0 saturated heterocycles. The van der Waals surface area contributed by atoms with Crippen molar-refractivity contribution in [3.05, 3.63) is 36.5 Å². The Bertz CT molecular complexity index is 665. The molecule has 0 aromatic carbocycles. The molecular weight excluding hydrogens is 266 g/mol. The first-order valence-corrected chi connectivity index (χ1v) is 7.11. The highest BCUT2D eigenvalue weighted by atomic mass is 32.2. The van der Waals surface area contributed by atoms with Crippen LogP contribution in [0, 0.1) is 0 Å². The van der Waals surface area contributed by atoms with E-state index in [9.17, 15) is 8.42 Å². The van der Waals surface area contributed by atoms with E-state index >= 15 is 0 Å². The van der Waals surface area contributed by atoms with Gasteiger partial charge in [0.2, 0.25) is 0 Å². The van der Waals surface area contributed by atoms with Crippen LogP contribution in [0.15, 0.2) is 35.7 Å². The highest BCUT2D eigenvalue weighted by Gasteiger charge is 2.19. The molecule has 2 rings (SSSR count). The summed E-state index contributed by atoms with van der Waals surface area (Å²) in [5, 5.41) is 2.78. The molecule has 0 saturated carbocycles. The number of imidazole rings is 1.